The maximum Gasteiger partial charge on any atom is 0.315 e. The molecular formula is C17H27N5OS. The maximum atomic E-state index is 12.2. The van der Waals surface area contributed by atoms with Crippen LogP contribution < -0.4 is 10.6 Å². The Morgan fingerprint density at radius 1 is 1.33 bits per heavy atom. The number of amides is 2. The summed E-state index contributed by atoms with van der Waals surface area (Å²) < 4.78 is 1.99. The second kappa shape index (κ2) is 8.28. The van der Waals surface area contributed by atoms with Gasteiger partial charge in [-0.1, -0.05) is 13.8 Å². The number of nitrogens with one attached hydrogen (secondary N) is 2. The summed E-state index contributed by atoms with van der Waals surface area (Å²) in [5.74, 6) is 0.302. The van der Waals surface area contributed by atoms with Crippen molar-refractivity contribution in [2.45, 2.75) is 53.6 Å². The maximum absolute atomic E-state index is 12.2. The smallest absolute Gasteiger partial charge is 0.315 e. The number of carbonyl (C=O) groups excluding carboxylic acids is 1. The number of rotatable bonds is 7. The fourth-order valence-corrected chi connectivity index (χ4v) is 3.50. The number of aryl methyl sites for hydroxylation is 3. The summed E-state index contributed by atoms with van der Waals surface area (Å²) in [5.41, 5.74) is 3.16. The Kier molecular flexibility index (Phi) is 6.36. The number of urea groups is 1. The van der Waals surface area contributed by atoms with E-state index in [-0.39, 0.29) is 12.1 Å². The average Bonchev–Trinajstić information content (AvgIpc) is 3.08. The quantitative estimate of drug-likeness (QED) is 0.805. The second-order valence-electron chi connectivity index (χ2n) is 6.36. The highest BCUT2D eigenvalue weighted by Gasteiger charge is 2.16. The molecule has 0 saturated carbocycles. The highest BCUT2D eigenvalue weighted by Crippen LogP contribution is 2.20. The minimum Gasteiger partial charge on any atom is -0.338 e. The summed E-state index contributed by atoms with van der Waals surface area (Å²) in [6, 6.07) is 1.89. The SMILES string of the molecule is CC[C@@H](NC(=O)NC[C@H](C)Cn1nc(C)cc1C)c1nc(C)cs1. The van der Waals surface area contributed by atoms with E-state index in [1.807, 2.05) is 30.8 Å². The fourth-order valence-electron chi connectivity index (χ4n) is 2.57. The van der Waals surface area contributed by atoms with Crippen molar-refractivity contribution in [1.29, 1.82) is 0 Å². The van der Waals surface area contributed by atoms with E-state index < -0.39 is 0 Å². The van der Waals surface area contributed by atoms with Gasteiger partial charge in [-0.15, -0.1) is 11.3 Å². The molecule has 0 aliphatic carbocycles. The van der Waals surface area contributed by atoms with E-state index >= 15 is 0 Å². The van der Waals surface area contributed by atoms with E-state index in [1.54, 1.807) is 11.3 Å². The number of aromatic nitrogens is 3. The minimum absolute atomic E-state index is 0.0324. The van der Waals surface area contributed by atoms with Crippen LogP contribution in [0.15, 0.2) is 11.4 Å². The second-order valence-corrected chi connectivity index (χ2v) is 7.25. The molecule has 24 heavy (non-hydrogen) atoms. The van der Waals surface area contributed by atoms with Gasteiger partial charge in [0.1, 0.15) is 5.01 Å². The first-order valence-corrected chi connectivity index (χ1v) is 9.24. The minimum atomic E-state index is -0.144. The van der Waals surface area contributed by atoms with Crippen LogP contribution in [0.4, 0.5) is 4.79 Å². The Morgan fingerprint density at radius 2 is 2.08 bits per heavy atom. The number of hydrogen-bond acceptors (Lipinski definition) is 4. The molecule has 0 radical (unpaired) electrons. The van der Waals surface area contributed by atoms with Gasteiger partial charge in [0.25, 0.3) is 0 Å². The van der Waals surface area contributed by atoms with Crippen LogP contribution in [0, 0.1) is 26.7 Å². The third-order valence-electron chi connectivity index (χ3n) is 3.85. The van der Waals surface area contributed by atoms with Crippen molar-refractivity contribution in [2.24, 2.45) is 5.92 Å². The van der Waals surface area contributed by atoms with Crippen molar-refractivity contribution in [3.8, 4) is 0 Å². The first-order chi connectivity index (χ1) is 11.4. The molecule has 2 amide bonds. The normalized spacial score (nSPS) is 13.5. The predicted molar refractivity (Wildman–Crippen MR) is 97.3 cm³/mol. The van der Waals surface area contributed by atoms with Gasteiger partial charge in [-0.25, -0.2) is 9.78 Å². The highest BCUT2D eigenvalue weighted by molar-refractivity contribution is 7.09. The van der Waals surface area contributed by atoms with Gasteiger partial charge >= 0.3 is 6.03 Å². The molecule has 0 aromatic carbocycles. The molecule has 0 bridgehead atoms. The molecule has 0 fully saturated rings. The Labute approximate surface area is 147 Å². The molecule has 0 aliphatic heterocycles. The lowest BCUT2D eigenvalue weighted by atomic mass is 10.2. The summed E-state index contributed by atoms with van der Waals surface area (Å²) >= 11 is 1.59. The van der Waals surface area contributed by atoms with Gasteiger partial charge in [-0.3, -0.25) is 4.68 Å². The van der Waals surface area contributed by atoms with Crippen LogP contribution in [0.3, 0.4) is 0 Å². The largest absolute Gasteiger partial charge is 0.338 e. The zero-order valence-electron chi connectivity index (χ0n) is 15.1. The molecule has 2 rings (SSSR count). The van der Waals surface area contributed by atoms with Crippen molar-refractivity contribution in [3.05, 3.63) is 33.5 Å². The molecule has 2 atom stereocenters. The zero-order chi connectivity index (χ0) is 17.7. The lowest BCUT2D eigenvalue weighted by Crippen LogP contribution is -2.40. The van der Waals surface area contributed by atoms with Crippen molar-refractivity contribution < 1.29 is 4.79 Å². The summed E-state index contributed by atoms with van der Waals surface area (Å²) in [7, 11) is 0. The third kappa shape index (κ3) is 5.06. The van der Waals surface area contributed by atoms with E-state index in [0.717, 1.165) is 35.1 Å². The summed E-state index contributed by atoms with van der Waals surface area (Å²) in [4.78, 5) is 16.6. The lowest BCUT2D eigenvalue weighted by molar-refractivity contribution is 0.234. The van der Waals surface area contributed by atoms with Crippen molar-refractivity contribution in [2.75, 3.05) is 6.54 Å². The van der Waals surface area contributed by atoms with Crippen LogP contribution in [0.2, 0.25) is 0 Å². The standard InChI is InChI=1S/C17H27N5OS/c1-6-15(16-19-13(4)10-24-16)20-17(23)18-8-11(2)9-22-14(5)7-12(3)21-22/h7,10-11,15H,6,8-9H2,1-5H3,(H2,18,20,23)/t11-,15+/m0/s1. The molecule has 2 heterocycles. The molecule has 0 aliphatic rings. The van der Waals surface area contributed by atoms with Crippen molar-refractivity contribution in [3.63, 3.8) is 0 Å². The molecule has 7 heteroatoms. The predicted octanol–water partition coefficient (Wildman–Crippen LogP) is 3.35. The molecule has 2 aromatic rings. The Balaban J connectivity index is 1.80. The number of hydrogen-bond donors (Lipinski definition) is 2. The monoisotopic (exact) mass is 349 g/mol. The highest BCUT2D eigenvalue weighted by atomic mass is 32.1. The van der Waals surface area contributed by atoms with E-state index in [0.29, 0.717) is 12.5 Å². The Morgan fingerprint density at radius 3 is 2.62 bits per heavy atom. The molecule has 2 N–H and O–H groups in total. The van der Waals surface area contributed by atoms with E-state index in [9.17, 15) is 4.79 Å². The van der Waals surface area contributed by atoms with Gasteiger partial charge in [-0.05, 0) is 39.2 Å². The molecule has 132 valence electrons. The number of thiazole rings is 1. The van der Waals surface area contributed by atoms with Crippen molar-refractivity contribution >= 4 is 17.4 Å². The Hall–Kier alpha value is -1.89. The molecule has 0 saturated heterocycles. The molecule has 6 nitrogen and oxygen atoms in total. The molecule has 0 spiro atoms. The van der Waals surface area contributed by atoms with Crippen LogP contribution in [0.5, 0.6) is 0 Å². The lowest BCUT2D eigenvalue weighted by Gasteiger charge is -2.17. The van der Waals surface area contributed by atoms with Gasteiger partial charge in [0.05, 0.1) is 11.7 Å². The number of nitrogens with zero attached hydrogens (tertiary/aromatic N) is 3. The zero-order valence-corrected chi connectivity index (χ0v) is 15.9. The van der Waals surface area contributed by atoms with Crippen LogP contribution >= 0.6 is 11.3 Å². The average molecular weight is 350 g/mol. The summed E-state index contributed by atoms with van der Waals surface area (Å²) in [5, 5.41) is 13.4. The van der Waals surface area contributed by atoms with Gasteiger partial charge < -0.3 is 10.6 Å². The molecular weight excluding hydrogens is 322 g/mol. The van der Waals surface area contributed by atoms with Gasteiger partial charge in [0.2, 0.25) is 0 Å². The fraction of sp³-hybridized carbons (Fsp3) is 0.588. The molecule has 0 unspecified atom stereocenters. The topological polar surface area (TPSA) is 71.8 Å². The first-order valence-electron chi connectivity index (χ1n) is 8.36. The van der Waals surface area contributed by atoms with E-state index in [4.69, 9.17) is 0 Å². The third-order valence-corrected chi connectivity index (χ3v) is 4.92. The van der Waals surface area contributed by atoms with E-state index in [2.05, 4.69) is 40.6 Å². The van der Waals surface area contributed by atoms with Crippen LogP contribution in [0.1, 0.15) is 48.4 Å². The van der Waals surface area contributed by atoms with Crippen molar-refractivity contribution in [1.82, 2.24) is 25.4 Å². The Bertz CT molecular complexity index is 678. The van der Waals surface area contributed by atoms with Crippen LogP contribution in [-0.4, -0.2) is 27.3 Å². The first kappa shape index (κ1) is 18.4. The van der Waals surface area contributed by atoms with Gasteiger partial charge in [-0.2, -0.15) is 5.10 Å². The molecule has 2 aromatic heterocycles. The van der Waals surface area contributed by atoms with Crippen LogP contribution in [0.25, 0.3) is 0 Å². The number of carbonyl (C=O) groups is 1. The summed E-state index contributed by atoms with van der Waals surface area (Å²) in [6.07, 6.45) is 0.821. The van der Waals surface area contributed by atoms with E-state index in [1.165, 1.54) is 0 Å². The van der Waals surface area contributed by atoms with Gasteiger partial charge in [0, 0.05) is 29.9 Å². The van der Waals surface area contributed by atoms with Crippen LogP contribution in [-0.2, 0) is 6.54 Å². The summed E-state index contributed by atoms with van der Waals surface area (Å²) in [6.45, 7) is 11.6. The van der Waals surface area contributed by atoms with Gasteiger partial charge in [0.15, 0.2) is 0 Å².